The van der Waals surface area contributed by atoms with E-state index in [1.807, 2.05) is 0 Å². The number of hydrogen-bond donors (Lipinski definition) is 0. The molecule has 92 valence electrons. The number of ether oxygens (including phenoxy) is 1. The highest BCUT2D eigenvalue weighted by atomic mass is 16.5. The Morgan fingerprint density at radius 3 is 2.81 bits per heavy atom. The predicted molar refractivity (Wildman–Crippen MR) is 62.1 cm³/mol. The monoisotopic (exact) mass is 226 g/mol. The van der Waals surface area contributed by atoms with E-state index in [1.54, 1.807) is 0 Å². The molecule has 3 nitrogen and oxygen atoms in total. The van der Waals surface area contributed by atoms with Crippen molar-refractivity contribution in [2.75, 3.05) is 6.61 Å². The third-order valence-electron chi connectivity index (χ3n) is 3.11. The van der Waals surface area contributed by atoms with E-state index in [4.69, 9.17) is 4.74 Å². The van der Waals surface area contributed by atoms with Crippen LogP contribution in [-0.4, -0.2) is 18.4 Å². The van der Waals surface area contributed by atoms with Gasteiger partial charge in [0.2, 0.25) is 0 Å². The summed E-state index contributed by atoms with van der Waals surface area (Å²) in [5.41, 5.74) is 0. The number of Topliss-reactive ketones (excluding diaryl/α,β-unsaturated/α-hetero) is 1. The van der Waals surface area contributed by atoms with Crippen molar-refractivity contribution >= 4 is 11.8 Å². The molecule has 3 heteroatoms. The van der Waals surface area contributed by atoms with Gasteiger partial charge in [-0.2, -0.15) is 0 Å². The lowest BCUT2D eigenvalue weighted by Gasteiger charge is -2.08. The molecule has 0 spiro atoms. The fourth-order valence-electron chi connectivity index (χ4n) is 2.08. The van der Waals surface area contributed by atoms with Gasteiger partial charge < -0.3 is 4.74 Å². The zero-order chi connectivity index (χ0) is 11.8. The Balaban J connectivity index is 2.04. The molecule has 1 rings (SSSR count). The second-order valence-electron chi connectivity index (χ2n) is 4.54. The minimum atomic E-state index is -0.197. The number of carbonyl (C=O) groups excluding carboxylic acids is 2. The van der Waals surface area contributed by atoms with Crippen LogP contribution in [0.3, 0.4) is 0 Å². The standard InChI is InChI=1S/C13H22O3/c1-2-3-4-5-9-16-13(15)10-11-7-6-8-12(11)14/h11H,2-10H2,1H3. The summed E-state index contributed by atoms with van der Waals surface area (Å²) in [7, 11) is 0. The number of rotatable bonds is 7. The van der Waals surface area contributed by atoms with E-state index >= 15 is 0 Å². The maximum Gasteiger partial charge on any atom is 0.306 e. The Bertz CT molecular complexity index is 235. The largest absolute Gasteiger partial charge is 0.466 e. The van der Waals surface area contributed by atoms with Crippen LogP contribution in [-0.2, 0) is 14.3 Å². The number of esters is 1. The van der Waals surface area contributed by atoms with Crippen LogP contribution in [0.2, 0.25) is 0 Å². The normalized spacial score (nSPS) is 20.1. The van der Waals surface area contributed by atoms with E-state index in [1.165, 1.54) is 12.8 Å². The summed E-state index contributed by atoms with van der Waals surface area (Å²) in [6, 6.07) is 0. The van der Waals surface area contributed by atoms with Crippen molar-refractivity contribution in [3.63, 3.8) is 0 Å². The quantitative estimate of drug-likeness (QED) is 0.495. The van der Waals surface area contributed by atoms with Crippen molar-refractivity contribution < 1.29 is 14.3 Å². The summed E-state index contributed by atoms with van der Waals surface area (Å²) in [4.78, 5) is 22.7. The Kier molecular flexibility index (Phi) is 6.12. The van der Waals surface area contributed by atoms with Gasteiger partial charge in [0.05, 0.1) is 13.0 Å². The second kappa shape index (κ2) is 7.42. The van der Waals surface area contributed by atoms with Crippen LogP contribution in [0.15, 0.2) is 0 Å². The molecule has 0 amide bonds. The molecule has 0 aromatic rings. The zero-order valence-corrected chi connectivity index (χ0v) is 10.2. The van der Waals surface area contributed by atoms with Gasteiger partial charge in [-0.1, -0.05) is 26.2 Å². The molecule has 1 unspecified atom stereocenters. The van der Waals surface area contributed by atoms with Gasteiger partial charge in [-0.25, -0.2) is 0 Å². The number of hydrogen-bond acceptors (Lipinski definition) is 3. The third-order valence-corrected chi connectivity index (χ3v) is 3.11. The highest BCUT2D eigenvalue weighted by Gasteiger charge is 2.26. The summed E-state index contributed by atoms with van der Waals surface area (Å²) in [6.45, 7) is 2.66. The summed E-state index contributed by atoms with van der Waals surface area (Å²) in [5, 5.41) is 0. The second-order valence-corrected chi connectivity index (χ2v) is 4.54. The molecule has 1 saturated carbocycles. The highest BCUT2D eigenvalue weighted by Crippen LogP contribution is 2.24. The third kappa shape index (κ3) is 4.77. The SMILES string of the molecule is CCCCCCOC(=O)CC1CCCC1=O. The molecule has 16 heavy (non-hydrogen) atoms. The lowest BCUT2D eigenvalue weighted by Crippen LogP contribution is -2.15. The van der Waals surface area contributed by atoms with Gasteiger partial charge >= 0.3 is 5.97 Å². The lowest BCUT2D eigenvalue weighted by atomic mass is 10.0. The average Bonchev–Trinajstić information content (AvgIpc) is 2.64. The maximum absolute atomic E-state index is 11.4. The summed E-state index contributed by atoms with van der Waals surface area (Å²) in [6.07, 6.45) is 7.19. The topological polar surface area (TPSA) is 43.4 Å². The van der Waals surface area contributed by atoms with Gasteiger partial charge in [-0.15, -0.1) is 0 Å². The number of carbonyl (C=O) groups is 2. The molecule has 1 atom stereocenters. The summed E-state index contributed by atoms with van der Waals surface area (Å²) in [5.74, 6) is -0.0113. The lowest BCUT2D eigenvalue weighted by molar-refractivity contribution is -0.146. The van der Waals surface area contributed by atoms with E-state index in [-0.39, 0.29) is 17.7 Å². The first kappa shape index (κ1) is 13.2. The van der Waals surface area contributed by atoms with E-state index in [9.17, 15) is 9.59 Å². The van der Waals surface area contributed by atoms with Gasteiger partial charge in [0.25, 0.3) is 0 Å². The fourth-order valence-corrected chi connectivity index (χ4v) is 2.08. The van der Waals surface area contributed by atoms with Crippen LogP contribution in [0.5, 0.6) is 0 Å². The van der Waals surface area contributed by atoms with Crippen molar-refractivity contribution in [2.24, 2.45) is 5.92 Å². The van der Waals surface area contributed by atoms with Gasteiger partial charge in [0, 0.05) is 12.3 Å². The van der Waals surface area contributed by atoms with E-state index in [0.29, 0.717) is 19.4 Å². The molecule has 0 N–H and O–H groups in total. The zero-order valence-electron chi connectivity index (χ0n) is 10.2. The minimum Gasteiger partial charge on any atom is -0.466 e. The first-order valence-electron chi connectivity index (χ1n) is 6.42. The van der Waals surface area contributed by atoms with Crippen LogP contribution < -0.4 is 0 Å². The molecule has 1 aliphatic rings. The highest BCUT2D eigenvalue weighted by molar-refractivity contribution is 5.86. The van der Waals surface area contributed by atoms with Crippen LogP contribution in [0.25, 0.3) is 0 Å². The molecule has 0 aromatic heterocycles. The molecule has 1 aliphatic carbocycles. The summed E-state index contributed by atoms with van der Waals surface area (Å²) < 4.78 is 5.11. The number of unbranched alkanes of at least 4 members (excludes halogenated alkanes) is 3. The van der Waals surface area contributed by atoms with Crippen molar-refractivity contribution in [1.82, 2.24) is 0 Å². The molecule has 0 heterocycles. The fraction of sp³-hybridized carbons (Fsp3) is 0.846. The van der Waals surface area contributed by atoms with Gasteiger partial charge in [0.1, 0.15) is 5.78 Å². The van der Waals surface area contributed by atoms with Crippen LogP contribution in [0, 0.1) is 5.92 Å². The van der Waals surface area contributed by atoms with E-state index in [2.05, 4.69) is 6.92 Å². The molecular formula is C13H22O3. The first-order chi connectivity index (χ1) is 7.74. The summed E-state index contributed by atoms with van der Waals surface area (Å²) >= 11 is 0. The molecule has 0 saturated heterocycles. The first-order valence-corrected chi connectivity index (χ1v) is 6.42. The molecule has 1 fully saturated rings. The van der Waals surface area contributed by atoms with Gasteiger partial charge in [-0.3, -0.25) is 9.59 Å². The minimum absolute atomic E-state index is 0.0526. The smallest absolute Gasteiger partial charge is 0.306 e. The Morgan fingerprint density at radius 1 is 1.38 bits per heavy atom. The van der Waals surface area contributed by atoms with E-state index < -0.39 is 0 Å². The maximum atomic E-state index is 11.4. The average molecular weight is 226 g/mol. The molecule has 0 aliphatic heterocycles. The molecule has 0 radical (unpaired) electrons. The Morgan fingerprint density at radius 2 is 2.19 bits per heavy atom. The van der Waals surface area contributed by atoms with Crippen molar-refractivity contribution in [3.05, 3.63) is 0 Å². The molecule has 0 aromatic carbocycles. The van der Waals surface area contributed by atoms with Crippen LogP contribution in [0.4, 0.5) is 0 Å². The van der Waals surface area contributed by atoms with E-state index in [0.717, 1.165) is 25.7 Å². The van der Waals surface area contributed by atoms with Crippen molar-refractivity contribution in [3.8, 4) is 0 Å². The number of ketones is 1. The van der Waals surface area contributed by atoms with Crippen LogP contribution in [0.1, 0.15) is 58.3 Å². The van der Waals surface area contributed by atoms with Crippen LogP contribution >= 0.6 is 0 Å². The molecular weight excluding hydrogens is 204 g/mol. The van der Waals surface area contributed by atoms with Crippen molar-refractivity contribution in [2.45, 2.75) is 58.3 Å². The Labute approximate surface area is 97.5 Å². The predicted octanol–water partition coefficient (Wildman–Crippen LogP) is 2.87. The molecule has 0 bridgehead atoms. The van der Waals surface area contributed by atoms with Gasteiger partial charge in [0.15, 0.2) is 0 Å². The van der Waals surface area contributed by atoms with Gasteiger partial charge in [-0.05, 0) is 19.3 Å². The van der Waals surface area contributed by atoms with Crippen molar-refractivity contribution in [1.29, 1.82) is 0 Å². The Hall–Kier alpha value is -0.860.